The summed E-state index contributed by atoms with van der Waals surface area (Å²) in [5.74, 6) is -0.340. The van der Waals surface area contributed by atoms with E-state index in [0.29, 0.717) is 5.92 Å². The second-order valence-corrected chi connectivity index (χ2v) is 4.75. The molecule has 0 fully saturated rings. The summed E-state index contributed by atoms with van der Waals surface area (Å²) in [7, 11) is 0. The van der Waals surface area contributed by atoms with Crippen LogP contribution in [0.5, 0.6) is 0 Å². The predicted molar refractivity (Wildman–Crippen MR) is 71.4 cm³/mol. The highest BCUT2D eigenvalue weighted by atomic mass is 19.1. The zero-order valence-electron chi connectivity index (χ0n) is 11.3. The van der Waals surface area contributed by atoms with Gasteiger partial charge in [-0.1, -0.05) is 39.2 Å². The molecular formula is C15H23F2N. The minimum atomic E-state index is -0.468. The molecule has 0 saturated heterocycles. The Hall–Kier alpha value is -0.960. The van der Waals surface area contributed by atoms with Gasteiger partial charge in [0.05, 0.1) is 0 Å². The molecular weight excluding hydrogens is 232 g/mol. The van der Waals surface area contributed by atoms with Crippen molar-refractivity contribution in [1.29, 1.82) is 0 Å². The van der Waals surface area contributed by atoms with Gasteiger partial charge in [-0.2, -0.15) is 0 Å². The van der Waals surface area contributed by atoms with Crippen LogP contribution in [-0.2, 0) is 6.54 Å². The van der Waals surface area contributed by atoms with Crippen molar-refractivity contribution in [3.05, 3.63) is 35.4 Å². The summed E-state index contributed by atoms with van der Waals surface area (Å²) in [5, 5.41) is 3.16. The first-order valence-electron chi connectivity index (χ1n) is 6.82. The van der Waals surface area contributed by atoms with Crippen molar-refractivity contribution in [3.63, 3.8) is 0 Å². The molecule has 0 heterocycles. The Labute approximate surface area is 109 Å². The van der Waals surface area contributed by atoms with Gasteiger partial charge in [-0.15, -0.1) is 0 Å². The molecule has 0 spiro atoms. The number of hydrogen-bond donors (Lipinski definition) is 1. The van der Waals surface area contributed by atoms with E-state index >= 15 is 0 Å². The monoisotopic (exact) mass is 255 g/mol. The molecule has 1 atom stereocenters. The maximum absolute atomic E-state index is 13.4. The summed E-state index contributed by atoms with van der Waals surface area (Å²) in [6, 6.07) is 3.99. The van der Waals surface area contributed by atoms with Crippen LogP contribution >= 0.6 is 0 Å². The van der Waals surface area contributed by atoms with E-state index in [1.165, 1.54) is 37.5 Å². The van der Waals surface area contributed by atoms with Crippen molar-refractivity contribution in [2.24, 2.45) is 5.92 Å². The predicted octanol–water partition coefficient (Wildman–Crippen LogP) is 4.27. The zero-order valence-corrected chi connectivity index (χ0v) is 11.3. The molecule has 0 aliphatic heterocycles. The summed E-state index contributed by atoms with van der Waals surface area (Å²) >= 11 is 0. The Morgan fingerprint density at radius 3 is 2.39 bits per heavy atom. The quantitative estimate of drug-likeness (QED) is 0.731. The minimum absolute atomic E-state index is 0.142. The lowest BCUT2D eigenvalue weighted by molar-refractivity contribution is 0.413. The van der Waals surface area contributed by atoms with Gasteiger partial charge in [-0.25, -0.2) is 8.78 Å². The van der Waals surface area contributed by atoms with Crippen LogP contribution in [0.2, 0.25) is 0 Å². The standard InChI is InChI=1S/C15H23F2N/c1-3-5-7-12(4-2)10-18-11-13-14(16)8-6-9-15(13)17/h6,8-9,12,18H,3-5,7,10-11H2,1-2H3. The summed E-state index contributed by atoms with van der Waals surface area (Å²) in [4.78, 5) is 0. The molecule has 3 heteroatoms. The summed E-state index contributed by atoms with van der Waals surface area (Å²) < 4.78 is 26.8. The average Bonchev–Trinajstić information content (AvgIpc) is 2.36. The lowest BCUT2D eigenvalue weighted by Crippen LogP contribution is -2.23. The van der Waals surface area contributed by atoms with Crippen LogP contribution in [0.3, 0.4) is 0 Å². The number of halogens is 2. The van der Waals surface area contributed by atoms with Gasteiger partial charge in [0, 0.05) is 12.1 Å². The smallest absolute Gasteiger partial charge is 0.130 e. The summed E-state index contributed by atoms with van der Waals surface area (Å²) in [6.07, 6.45) is 4.69. The van der Waals surface area contributed by atoms with Gasteiger partial charge in [-0.05, 0) is 31.0 Å². The molecule has 0 aliphatic rings. The number of hydrogen-bond acceptors (Lipinski definition) is 1. The van der Waals surface area contributed by atoms with Crippen LogP contribution in [0, 0.1) is 17.6 Å². The number of rotatable bonds is 8. The third-order valence-corrected chi connectivity index (χ3v) is 3.34. The van der Waals surface area contributed by atoms with Gasteiger partial charge in [0.25, 0.3) is 0 Å². The lowest BCUT2D eigenvalue weighted by atomic mass is 9.99. The SMILES string of the molecule is CCCCC(CC)CNCc1c(F)cccc1F. The largest absolute Gasteiger partial charge is 0.312 e. The van der Waals surface area contributed by atoms with E-state index in [-0.39, 0.29) is 12.1 Å². The van der Waals surface area contributed by atoms with E-state index in [0.717, 1.165) is 13.0 Å². The zero-order chi connectivity index (χ0) is 13.4. The van der Waals surface area contributed by atoms with E-state index in [2.05, 4.69) is 19.2 Å². The summed E-state index contributed by atoms with van der Waals surface area (Å²) in [5.41, 5.74) is 0.142. The van der Waals surface area contributed by atoms with Crippen molar-refractivity contribution in [2.75, 3.05) is 6.54 Å². The van der Waals surface area contributed by atoms with Crippen LogP contribution in [0.1, 0.15) is 45.1 Å². The number of benzene rings is 1. The van der Waals surface area contributed by atoms with Gasteiger partial charge in [-0.3, -0.25) is 0 Å². The van der Waals surface area contributed by atoms with E-state index < -0.39 is 11.6 Å². The van der Waals surface area contributed by atoms with Crippen LogP contribution in [0.25, 0.3) is 0 Å². The fourth-order valence-corrected chi connectivity index (χ4v) is 2.05. The third-order valence-electron chi connectivity index (χ3n) is 3.34. The molecule has 102 valence electrons. The number of unbranched alkanes of at least 4 members (excludes halogenated alkanes) is 1. The van der Waals surface area contributed by atoms with Gasteiger partial charge in [0.15, 0.2) is 0 Å². The van der Waals surface area contributed by atoms with Crippen molar-refractivity contribution in [2.45, 2.75) is 46.1 Å². The lowest BCUT2D eigenvalue weighted by Gasteiger charge is -2.15. The Bertz CT molecular complexity index is 332. The van der Waals surface area contributed by atoms with E-state index in [1.54, 1.807) is 0 Å². The van der Waals surface area contributed by atoms with Crippen molar-refractivity contribution in [1.82, 2.24) is 5.32 Å². The summed E-state index contributed by atoms with van der Waals surface area (Å²) in [6.45, 7) is 5.42. The molecule has 1 rings (SSSR count). The van der Waals surface area contributed by atoms with Crippen LogP contribution in [0.4, 0.5) is 8.78 Å². The first-order valence-corrected chi connectivity index (χ1v) is 6.82. The van der Waals surface area contributed by atoms with Crippen molar-refractivity contribution in [3.8, 4) is 0 Å². The maximum Gasteiger partial charge on any atom is 0.130 e. The Morgan fingerprint density at radius 1 is 1.17 bits per heavy atom. The molecule has 1 nitrogen and oxygen atoms in total. The second-order valence-electron chi connectivity index (χ2n) is 4.75. The third kappa shape index (κ3) is 4.73. The van der Waals surface area contributed by atoms with Gasteiger partial charge in [0.2, 0.25) is 0 Å². The molecule has 1 unspecified atom stereocenters. The molecule has 0 radical (unpaired) electrons. The van der Waals surface area contributed by atoms with Gasteiger partial charge < -0.3 is 5.32 Å². The van der Waals surface area contributed by atoms with Crippen LogP contribution < -0.4 is 5.32 Å². The highest BCUT2D eigenvalue weighted by Gasteiger charge is 2.09. The van der Waals surface area contributed by atoms with Crippen molar-refractivity contribution < 1.29 is 8.78 Å². The molecule has 1 N–H and O–H groups in total. The van der Waals surface area contributed by atoms with Crippen LogP contribution in [-0.4, -0.2) is 6.54 Å². The molecule has 0 aliphatic carbocycles. The van der Waals surface area contributed by atoms with Gasteiger partial charge >= 0.3 is 0 Å². The molecule has 1 aromatic carbocycles. The Morgan fingerprint density at radius 2 is 1.83 bits per heavy atom. The molecule has 1 aromatic rings. The fourth-order valence-electron chi connectivity index (χ4n) is 2.05. The minimum Gasteiger partial charge on any atom is -0.312 e. The Kier molecular flexibility index (Phi) is 6.88. The second kappa shape index (κ2) is 8.20. The van der Waals surface area contributed by atoms with Crippen LogP contribution in [0.15, 0.2) is 18.2 Å². The van der Waals surface area contributed by atoms with E-state index in [9.17, 15) is 8.78 Å². The molecule has 0 bridgehead atoms. The van der Waals surface area contributed by atoms with E-state index in [4.69, 9.17) is 0 Å². The van der Waals surface area contributed by atoms with Gasteiger partial charge in [0.1, 0.15) is 11.6 Å². The fraction of sp³-hybridized carbons (Fsp3) is 0.600. The normalized spacial score (nSPS) is 12.7. The molecule has 0 aromatic heterocycles. The molecule has 0 saturated carbocycles. The first-order chi connectivity index (χ1) is 8.69. The number of nitrogens with one attached hydrogen (secondary N) is 1. The van der Waals surface area contributed by atoms with Crippen molar-refractivity contribution >= 4 is 0 Å². The maximum atomic E-state index is 13.4. The average molecular weight is 255 g/mol. The molecule has 18 heavy (non-hydrogen) atoms. The highest BCUT2D eigenvalue weighted by Crippen LogP contribution is 2.14. The first kappa shape index (κ1) is 15.1. The van der Waals surface area contributed by atoms with E-state index in [1.807, 2.05) is 0 Å². The Balaban J connectivity index is 2.40. The topological polar surface area (TPSA) is 12.0 Å². The molecule has 0 amide bonds. The highest BCUT2D eigenvalue weighted by molar-refractivity contribution is 5.19.